The van der Waals surface area contributed by atoms with Gasteiger partial charge >= 0.3 is 0 Å². The highest BCUT2D eigenvalue weighted by Crippen LogP contribution is 2.29. The van der Waals surface area contributed by atoms with Crippen LogP contribution in [0.5, 0.6) is 5.75 Å². The molecule has 24 heavy (non-hydrogen) atoms. The number of nitrogens with one attached hydrogen (secondary N) is 1. The molecule has 7 heteroatoms. The number of nitrogens with zero attached hydrogens (tertiary/aromatic N) is 2. The van der Waals surface area contributed by atoms with Crippen molar-refractivity contribution < 1.29 is 18.7 Å². The fourth-order valence-electron chi connectivity index (χ4n) is 3.06. The molecule has 0 radical (unpaired) electrons. The molecule has 5 nitrogen and oxygen atoms in total. The number of aryl methyl sites for hydroxylation is 1. The van der Waals surface area contributed by atoms with Crippen molar-refractivity contribution in [2.45, 2.75) is 45.1 Å². The van der Waals surface area contributed by atoms with Crippen molar-refractivity contribution >= 4 is 11.7 Å². The number of rotatable bonds is 3. The Labute approximate surface area is 138 Å². The molecule has 2 aromatic rings. The standard InChI is InChI=1S/C17H19F2N3O2/c1-10-9-22(11-5-3-2-4-6-11)21-16(10)20-17(24)14-12(18)7-8-13(23)15(14)19/h7-9,11,23H,2-6H2,1H3,(H,20,21,24). The molecular weight excluding hydrogens is 316 g/mol. The van der Waals surface area contributed by atoms with Crippen molar-refractivity contribution in [1.29, 1.82) is 0 Å². The van der Waals surface area contributed by atoms with E-state index in [0.29, 0.717) is 0 Å². The van der Waals surface area contributed by atoms with Crippen LogP contribution in [0, 0.1) is 18.6 Å². The molecule has 0 aliphatic heterocycles. The second kappa shape index (κ2) is 6.59. The zero-order valence-electron chi connectivity index (χ0n) is 13.4. The number of anilines is 1. The first kappa shape index (κ1) is 16.4. The van der Waals surface area contributed by atoms with Gasteiger partial charge in [-0.05, 0) is 31.9 Å². The van der Waals surface area contributed by atoms with Crippen LogP contribution >= 0.6 is 0 Å². The fourth-order valence-corrected chi connectivity index (χ4v) is 3.06. The number of hydrogen-bond donors (Lipinski definition) is 2. The van der Waals surface area contributed by atoms with Crippen molar-refractivity contribution in [3.8, 4) is 5.75 Å². The average molecular weight is 335 g/mol. The van der Waals surface area contributed by atoms with E-state index in [2.05, 4.69) is 10.4 Å². The normalized spacial score (nSPS) is 15.5. The summed E-state index contributed by atoms with van der Waals surface area (Å²) in [5.74, 6) is -3.79. The Balaban J connectivity index is 1.82. The van der Waals surface area contributed by atoms with E-state index in [1.54, 1.807) is 6.92 Å². The zero-order chi connectivity index (χ0) is 17.3. The zero-order valence-corrected chi connectivity index (χ0v) is 13.4. The topological polar surface area (TPSA) is 67.2 Å². The second-order valence-corrected chi connectivity index (χ2v) is 6.14. The quantitative estimate of drug-likeness (QED) is 0.893. The summed E-state index contributed by atoms with van der Waals surface area (Å²) in [6, 6.07) is 2.00. The van der Waals surface area contributed by atoms with Crippen LogP contribution in [0.15, 0.2) is 18.3 Å². The lowest BCUT2D eigenvalue weighted by Gasteiger charge is -2.21. The summed E-state index contributed by atoms with van der Waals surface area (Å²) in [4.78, 5) is 12.2. The molecular formula is C17H19F2N3O2. The van der Waals surface area contributed by atoms with Gasteiger partial charge in [-0.3, -0.25) is 9.48 Å². The van der Waals surface area contributed by atoms with Gasteiger partial charge in [-0.15, -0.1) is 0 Å². The average Bonchev–Trinajstić information content (AvgIpc) is 2.93. The van der Waals surface area contributed by atoms with Crippen molar-refractivity contribution in [2.24, 2.45) is 0 Å². The summed E-state index contributed by atoms with van der Waals surface area (Å²) < 4.78 is 29.4. The number of hydrogen-bond acceptors (Lipinski definition) is 3. The third-order valence-electron chi connectivity index (χ3n) is 4.39. The van der Waals surface area contributed by atoms with Gasteiger partial charge in [0.05, 0.1) is 6.04 Å². The van der Waals surface area contributed by atoms with Gasteiger partial charge in [0, 0.05) is 11.8 Å². The molecule has 0 saturated heterocycles. The van der Waals surface area contributed by atoms with Crippen LogP contribution in [0.25, 0.3) is 0 Å². The molecule has 0 bridgehead atoms. The Kier molecular flexibility index (Phi) is 4.51. The summed E-state index contributed by atoms with van der Waals surface area (Å²) in [6.45, 7) is 1.77. The highest BCUT2D eigenvalue weighted by molar-refractivity contribution is 6.04. The third-order valence-corrected chi connectivity index (χ3v) is 4.39. The first-order chi connectivity index (χ1) is 11.5. The van der Waals surface area contributed by atoms with E-state index in [-0.39, 0.29) is 11.9 Å². The van der Waals surface area contributed by atoms with Gasteiger partial charge in [0.25, 0.3) is 5.91 Å². The van der Waals surface area contributed by atoms with E-state index in [1.165, 1.54) is 6.42 Å². The Morgan fingerprint density at radius 3 is 2.71 bits per heavy atom. The summed E-state index contributed by atoms with van der Waals surface area (Å²) in [6.07, 6.45) is 7.40. The minimum atomic E-state index is -1.28. The lowest BCUT2D eigenvalue weighted by atomic mass is 9.96. The van der Waals surface area contributed by atoms with Crippen molar-refractivity contribution in [3.63, 3.8) is 0 Å². The van der Waals surface area contributed by atoms with Gasteiger partial charge in [0.1, 0.15) is 11.4 Å². The van der Waals surface area contributed by atoms with Gasteiger partial charge < -0.3 is 10.4 Å². The largest absolute Gasteiger partial charge is 0.505 e. The predicted octanol–water partition coefficient (Wildman–Crippen LogP) is 3.93. The van der Waals surface area contributed by atoms with E-state index < -0.39 is 28.9 Å². The number of aromatic nitrogens is 2. The highest BCUT2D eigenvalue weighted by atomic mass is 19.1. The number of aromatic hydroxyl groups is 1. The molecule has 0 spiro atoms. The molecule has 1 aromatic carbocycles. The molecule has 1 saturated carbocycles. The van der Waals surface area contributed by atoms with E-state index in [9.17, 15) is 18.7 Å². The molecule has 1 fully saturated rings. The molecule has 2 N–H and O–H groups in total. The number of benzene rings is 1. The minimum Gasteiger partial charge on any atom is -0.505 e. The molecule has 1 aromatic heterocycles. The van der Waals surface area contributed by atoms with Crippen LogP contribution in [0.4, 0.5) is 14.6 Å². The fraction of sp³-hybridized carbons (Fsp3) is 0.412. The summed E-state index contributed by atoms with van der Waals surface area (Å²) in [5.41, 5.74) is -0.100. The number of carbonyl (C=O) groups is 1. The van der Waals surface area contributed by atoms with Gasteiger partial charge in [-0.2, -0.15) is 5.10 Å². The van der Waals surface area contributed by atoms with E-state index >= 15 is 0 Å². The summed E-state index contributed by atoms with van der Waals surface area (Å²) >= 11 is 0. The highest BCUT2D eigenvalue weighted by Gasteiger charge is 2.23. The van der Waals surface area contributed by atoms with Crippen molar-refractivity contribution in [1.82, 2.24) is 9.78 Å². The van der Waals surface area contributed by atoms with Crippen LogP contribution in [0.2, 0.25) is 0 Å². The van der Waals surface area contributed by atoms with E-state index in [1.807, 2.05) is 10.9 Å². The maximum Gasteiger partial charge on any atom is 0.262 e. The molecule has 3 rings (SSSR count). The molecule has 128 valence electrons. The Bertz CT molecular complexity index is 767. The maximum absolute atomic E-state index is 13.8. The van der Waals surface area contributed by atoms with Crippen LogP contribution in [-0.2, 0) is 0 Å². The number of amides is 1. The predicted molar refractivity (Wildman–Crippen MR) is 85.1 cm³/mol. The minimum absolute atomic E-state index is 0.271. The van der Waals surface area contributed by atoms with E-state index in [0.717, 1.165) is 43.4 Å². The number of carbonyl (C=O) groups excluding carboxylic acids is 1. The number of halogens is 2. The van der Waals surface area contributed by atoms with Crippen molar-refractivity contribution in [2.75, 3.05) is 5.32 Å². The molecule has 1 amide bonds. The monoisotopic (exact) mass is 335 g/mol. The van der Waals surface area contributed by atoms with Crippen LogP contribution < -0.4 is 5.32 Å². The number of phenols is 1. The van der Waals surface area contributed by atoms with Crippen LogP contribution in [-0.4, -0.2) is 20.8 Å². The lowest BCUT2D eigenvalue weighted by molar-refractivity contribution is 0.101. The number of phenolic OH excluding ortho intramolecular Hbond substituents is 1. The summed E-state index contributed by atoms with van der Waals surface area (Å²) in [7, 11) is 0. The second-order valence-electron chi connectivity index (χ2n) is 6.14. The lowest BCUT2D eigenvalue weighted by Crippen LogP contribution is -2.18. The smallest absolute Gasteiger partial charge is 0.262 e. The Morgan fingerprint density at radius 2 is 2.00 bits per heavy atom. The van der Waals surface area contributed by atoms with Gasteiger partial charge in [0.2, 0.25) is 0 Å². The summed E-state index contributed by atoms with van der Waals surface area (Å²) in [5, 5.41) is 16.1. The Hall–Kier alpha value is -2.44. The van der Waals surface area contributed by atoms with Gasteiger partial charge in [0.15, 0.2) is 17.4 Å². The Morgan fingerprint density at radius 1 is 1.29 bits per heavy atom. The molecule has 0 unspecified atom stereocenters. The third kappa shape index (κ3) is 3.11. The molecule has 1 aliphatic carbocycles. The molecule has 0 atom stereocenters. The molecule has 1 aliphatic rings. The SMILES string of the molecule is Cc1cn(C2CCCCC2)nc1NC(=O)c1c(F)ccc(O)c1F. The molecule has 1 heterocycles. The van der Waals surface area contributed by atoms with Crippen LogP contribution in [0.3, 0.4) is 0 Å². The van der Waals surface area contributed by atoms with E-state index in [4.69, 9.17) is 0 Å². The maximum atomic E-state index is 13.8. The first-order valence-electron chi connectivity index (χ1n) is 8.01. The van der Waals surface area contributed by atoms with Gasteiger partial charge in [-0.1, -0.05) is 19.3 Å². The van der Waals surface area contributed by atoms with Gasteiger partial charge in [-0.25, -0.2) is 8.78 Å². The van der Waals surface area contributed by atoms with Crippen molar-refractivity contribution in [3.05, 3.63) is 41.1 Å². The van der Waals surface area contributed by atoms with Crippen LogP contribution in [0.1, 0.15) is 54.1 Å². The first-order valence-corrected chi connectivity index (χ1v) is 8.01.